The number of hydrogen-bond acceptors (Lipinski definition) is 6. The molecule has 7 nitrogen and oxygen atoms in total. The zero-order chi connectivity index (χ0) is 15.2. The van der Waals surface area contributed by atoms with E-state index in [0.717, 1.165) is 16.2 Å². The molecular formula is C13H13N3O4S. The molecule has 0 saturated heterocycles. The number of carboxylic acid groups (broad SMARTS) is 1. The fourth-order valence-electron chi connectivity index (χ4n) is 1.50. The van der Waals surface area contributed by atoms with Gasteiger partial charge in [-0.3, -0.25) is 15.6 Å². The van der Waals surface area contributed by atoms with Crippen LogP contribution in [0.15, 0.2) is 30.5 Å². The number of ether oxygens (including phenoxy) is 1. The Morgan fingerprint density at radius 1 is 1.43 bits per heavy atom. The highest BCUT2D eigenvalue weighted by atomic mass is 32.1. The van der Waals surface area contributed by atoms with Crippen LogP contribution in [-0.4, -0.2) is 28.6 Å². The van der Waals surface area contributed by atoms with Crippen LogP contribution in [0.2, 0.25) is 0 Å². The lowest BCUT2D eigenvalue weighted by Crippen LogP contribution is -2.34. The summed E-state index contributed by atoms with van der Waals surface area (Å²) in [5.74, 6) is -0.836. The molecule has 0 aliphatic carbocycles. The summed E-state index contributed by atoms with van der Waals surface area (Å²) >= 11 is 1.10. The predicted octanol–water partition coefficient (Wildman–Crippen LogP) is 1.67. The number of thiophene rings is 1. The summed E-state index contributed by atoms with van der Waals surface area (Å²) in [5.41, 5.74) is 5.02. The molecule has 0 spiro atoms. The van der Waals surface area contributed by atoms with Crippen molar-refractivity contribution in [1.82, 2.24) is 10.4 Å². The molecule has 2 rings (SSSR count). The minimum absolute atomic E-state index is 0.0815. The number of anilines is 1. The number of aromatic carboxylic acids is 1. The van der Waals surface area contributed by atoms with Crippen LogP contribution in [0.1, 0.15) is 14.5 Å². The first kappa shape index (κ1) is 14.8. The van der Waals surface area contributed by atoms with Crippen LogP contribution in [0, 0.1) is 6.92 Å². The van der Waals surface area contributed by atoms with E-state index in [-0.39, 0.29) is 17.2 Å². The third-order valence-electron chi connectivity index (χ3n) is 2.37. The maximum Gasteiger partial charge on any atom is 0.349 e. The van der Waals surface area contributed by atoms with Gasteiger partial charge in [-0.25, -0.2) is 9.78 Å². The van der Waals surface area contributed by atoms with Gasteiger partial charge in [0.2, 0.25) is 0 Å². The Morgan fingerprint density at radius 2 is 2.24 bits per heavy atom. The van der Waals surface area contributed by atoms with Gasteiger partial charge < -0.3 is 9.84 Å². The number of hydrazine groups is 1. The number of pyridine rings is 1. The lowest BCUT2D eigenvalue weighted by Gasteiger charge is -2.08. The Balaban J connectivity index is 1.85. The maximum atomic E-state index is 11.6. The van der Waals surface area contributed by atoms with Gasteiger partial charge in [0.05, 0.1) is 0 Å². The SMILES string of the molecule is Cc1cc(OCC(=O)NNc2ccccn2)c(C(=O)O)s1. The Labute approximate surface area is 124 Å². The molecule has 0 aliphatic rings. The highest BCUT2D eigenvalue weighted by molar-refractivity contribution is 7.14. The Kier molecular flexibility index (Phi) is 4.72. The zero-order valence-electron chi connectivity index (χ0n) is 11.1. The van der Waals surface area contributed by atoms with Gasteiger partial charge in [0.25, 0.3) is 5.91 Å². The van der Waals surface area contributed by atoms with Crippen molar-refractivity contribution in [3.63, 3.8) is 0 Å². The van der Waals surface area contributed by atoms with E-state index in [1.54, 1.807) is 37.4 Å². The second-order valence-corrected chi connectivity index (χ2v) is 5.29. The van der Waals surface area contributed by atoms with E-state index < -0.39 is 11.9 Å². The minimum Gasteiger partial charge on any atom is -0.482 e. The average molecular weight is 307 g/mol. The molecule has 0 aliphatic heterocycles. The molecule has 0 atom stereocenters. The van der Waals surface area contributed by atoms with Gasteiger partial charge in [-0.15, -0.1) is 11.3 Å². The summed E-state index contributed by atoms with van der Waals surface area (Å²) in [7, 11) is 0. The molecule has 2 heterocycles. The molecule has 0 radical (unpaired) electrons. The number of aromatic nitrogens is 1. The quantitative estimate of drug-likeness (QED) is 0.702. The lowest BCUT2D eigenvalue weighted by molar-refractivity contribution is -0.122. The number of carbonyl (C=O) groups excluding carboxylic acids is 1. The second kappa shape index (κ2) is 6.71. The summed E-state index contributed by atoms with van der Waals surface area (Å²) < 4.78 is 5.23. The van der Waals surface area contributed by atoms with Crippen LogP contribution in [0.5, 0.6) is 5.75 Å². The molecule has 8 heteroatoms. The number of hydrogen-bond donors (Lipinski definition) is 3. The van der Waals surface area contributed by atoms with E-state index >= 15 is 0 Å². The third-order valence-corrected chi connectivity index (χ3v) is 3.39. The first-order chi connectivity index (χ1) is 10.1. The highest BCUT2D eigenvalue weighted by Crippen LogP contribution is 2.28. The first-order valence-corrected chi connectivity index (χ1v) is 6.80. The fourth-order valence-corrected chi connectivity index (χ4v) is 2.29. The maximum absolute atomic E-state index is 11.6. The van der Waals surface area contributed by atoms with Crippen molar-refractivity contribution in [3.05, 3.63) is 40.2 Å². The van der Waals surface area contributed by atoms with Crippen LogP contribution < -0.4 is 15.6 Å². The van der Waals surface area contributed by atoms with Crippen LogP contribution >= 0.6 is 11.3 Å². The second-order valence-electron chi connectivity index (χ2n) is 4.03. The van der Waals surface area contributed by atoms with E-state index in [9.17, 15) is 9.59 Å². The smallest absolute Gasteiger partial charge is 0.349 e. The van der Waals surface area contributed by atoms with Crippen molar-refractivity contribution < 1.29 is 19.4 Å². The number of aryl methyl sites for hydroxylation is 1. The Morgan fingerprint density at radius 3 is 2.90 bits per heavy atom. The molecule has 2 aromatic heterocycles. The van der Waals surface area contributed by atoms with E-state index in [1.807, 2.05) is 0 Å². The van der Waals surface area contributed by atoms with Crippen molar-refractivity contribution in [2.24, 2.45) is 0 Å². The molecule has 0 fully saturated rings. The molecule has 1 amide bonds. The molecule has 0 saturated carbocycles. The molecule has 0 unspecified atom stereocenters. The van der Waals surface area contributed by atoms with E-state index in [2.05, 4.69) is 15.8 Å². The van der Waals surface area contributed by atoms with Crippen molar-refractivity contribution in [2.75, 3.05) is 12.0 Å². The summed E-state index contributed by atoms with van der Waals surface area (Å²) in [6.45, 7) is 1.48. The monoisotopic (exact) mass is 307 g/mol. The van der Waals surface area contributed by atoms with E-state index in [1.165, 1.54) is 0 Å². The van der Waals surface area contributed by atoms with Crippen molar-refractivity contribution >= 4 is 29.0 Å². The Hall–Kier alpha value is -2.61. The van der Waals surface area contributed by atoms with Crippen LogP contribution in [-0.2, 0) is 4.79 Å². The Bertz CT molecular complexity index is 642. The largest absolute Gasteiger partial charge is 0.482 e. The zero-order valence-corrected chi connectivity index (χ0v) is 11.9. The summed E-state index contributed by atoms with van der Waals surface area (Å²) in [6, 6.07) is 6.80. The van der Waals surface area contributed by atoms with Crippen LogP contribution in [0.3, 0.4) is 0 Å². The van der Waals surface area contributed by atoms with Gasteiger partial charge in [-0.05, 0) is 25.1 Å². The third kappa shape index (κ3) is 4.18. The summed E-state index contributed by atoms with van der Waals surface area (Å²) in [6.07, 6.45) is 1.58. The van der Waals surface area contributed by atoms with Gasteiger partial charge in [-0.2, -0.15) is 0 Å². The van der Waals surface area contributed by atoms with Gasteiger partial charge >= 0.3 is 5.97 Å². The standard InChI is InChI=1S/C13H13N3O4S/c1-8-6-9(12(21-8)13(18)19)20-7-11(17)16-15-10-4-2-3-5-14-10/h2-6H,7H2,1H3,(H,14,15)(H,16,17)(H,18,19). The molecule has 2 aromatic rings. The summed E-state index contributed by atoms with van der Waals surface area (Å²) in [4.78, 5) is 27.5. The van der Waals surface area contributed by atoms with Gasteiger partial charge in [-0.1, -0.05) is 6.07 Å². The van der Waals surface area contributed by atoms with Crippen LogP contribution in [0.25, 0.3) is 0 Å². The average Bonchev–Trinajstić information content (AvgIpc) is 2.85. The predicted molar refractivity (Wildman–Crippen MR) is 77.5 cm³/mol. The topological polar surface area (TPSA) is 101 Å². The van der Waals surface area contributed by atoms with Crippen molar-refractivity contribution in [1.29, 1.82) is 0 Å². The lowest BCUT2D eigenvalue weighted by atomic mass is 10.4. The number of carbonyl (C=O) groups is 2. The fraction of sp³-hybridized carbons (Fsp3) is 0.154. The minimum atomic E-state index is -1.07. The van der Waals surface area contributed by atoms with E-state index in [4.69, 9.17) is 9.84 Å². The van der Waals surface area contributed by atoms with E-state index in [0.29, 0.717) is 5.82 Å². The summed E-state index contributed by atoms with van der Waals surface area (Å²) in [5, 5.41) is 9.01. The molecule has 110 valence electrons. The van der Waals surface area contributed by atoms with Gasteiger partial charge in [0.1, 0.15) is 11.6 Å². The molecule has 0 bridgehead atoms. The first-order valence-electron chi connectivity index (χ1n) is 5.98. The molecule has 3 N–H and O–H groups in total. The van der Waals surface area contributed by atoms with Gasteiger partial charge in [0, 0.05) is 11.1 Å². The number of carboxylic acids is 1. The number of nitrogens with zero attached hydrogens (tertiary/aromatic N) is 1. The normalized spacial score (nSPS) is 9.95. The number of nitrogens with one attached hydrogen (secondary N) is 2. The van der Waals surface area contributed by atoms with Crippen molar-refractivity contribution in [2.45, 2.75) is 6.92 Å². The highest BCUT2D eigenvalue weighted by Gasteiger charge is 2.16. The molecule has 21 heavy (non-hydrogen) atoms. The van der Waals surface area contributed by atoms with Crippen molar-refractivity contribution in [3.8, 4) is 5.75 Å². The molecule has 0 aromatic carbocycles. The number of rotatable bonds is 6. The van der Waals surface area contributed by atoms with Gasteiger partial charge in [0.15, 0.2) is 11.5 Å². The number of amides is 1. The van der Waals surface area contributed by atoms with Crippen LogP contribution in [0.4, 0.5) is 5.82 Å². The molecular weight excluding hydrogens is 294 g/mol.